The van der Waals surface area contributed by atoms with Crippen molar-refractivity contribution in [1.29, 1.82) is 0 Å². The topological polar surface area (TPSA) is 63.6 Å². The van der Waals surface area contributed by atoms with E-state index in [9.17, 15) is 9.18 Å². The molecule has 0 saturated carbocycles. The first kappa shape index (κ1) is 17.8. The maximum atomic E-state index is 13.4. The van der Waals surface area contributed by atoms with Gasteiger partial charge in [0.2, 0.25) is 0 Å². The zero-order valence-electron chi connectivity index (χ0n) is 14.2. The Labute approximate surface area is 154 Å². The molecule has 26 heavy (non-hydrogen) atoms. The van der Waals surface area contributed by atoms with E-state index in [2.05, 4.69) is 15.5 Å². The lowest BCUT2D eigenvalue weighted by Crippen LogP contribution is -2.17. The summed E-state index contributed by atoms with van der Waals surface area (Å²) in [4.78, 5) is 17.1. The molecule has 0 aliphatic rings. The number of carbonyl (C=O) groups excluding carboxylic acids is 1. The number of halogens is 1. The smallest absolute Gasteiger partial charge is 0.283 e. The summed E-state index contributed by atoms with van der Waals surface area (Å²) in [5.41, 5.74) is 4.53. The van der Waals surface area contributed by atoms with Gasteiger partial charge in [-0.1, -0.05) is 12.1 Å². The van der Waals surface area contributed by atoms with Crippen LogP contribution >= 0.6 is 11.3 Å². The van der Waals surface area contributed by atoms with Crippen LogP contribution < -0.4 is 10.2 Å². The molecular formula is C19H16FN3O2S. The van der Waals surface area contributed by atoms with Gasteiger partial charge in [0.25, 0.3) is 5.91 Å². The van der Waals surface area contributed by atoms with Crippen LogP contribution in [0.25, 0.3) is 10.6 Å². The van der Waals surface area contributed by atoms with Crippen LogP contribution in [0, 0.1) is 12.7 Å². The quantitative estimate of drug-likeness (QED) is 0.545. The summed E-state index contributed by atoms with van der Waals surface area (Å²) in [6.07, 6.45) is 1.54. The number of ether oxygens (including phenoxy) is 1. The lowest BCUT2D eigenvalue weighted by atomic mass is 10.2. The van der Waals surface area contributed by atoms with Gasteiger partial charge in [0.15, 0.2) is 0 Å². The number of hydrogen-bond donors (Lipinski definition) is 1. The van der Waals surface area contributed by atoms with E-state index in [1.54, 1.807) is 32.4 Å². The molecule has 0 aliphatic carbocycles. The largest absolute Gasteiger partial charge is 0.497 e. The summed E-state index contributed by atoms with van der Waals surface area (Å²) in [7, 11) is 1.60. The number of hydrazone groups is 1. The van der Waals surface area contributed by atoms with Crippen LogP contribution in [0.2, 0.25) is 0 Å². The monoisotopic (exact) mass is 369 g/mol. The highest BCUT2D eigenvalue weighted by molar-refractivity contribution is 7.17. The average molecular weight is 369 g/mol. The Hall–Kier alpha value is -3.06. The number of amides is 1. The molecule has 5 nitrogen and oxygen atoms in total. The zero-order valence-corrected chi connectivity index (χ0v) is 15.0. The van der Waals surface area contributed by atoms with Crippen molar-refractivity contribution in [3.63, 3.8) is 0 Å². The molecule has 0 atom stereocenters. The molecule has 1 heterocycles. The Morgan fingerprint density at radius 2 is 2.04 bits per heavy atom. The summed E-state index contributed by atoms with van der Waals surface area (Å²) in [5.74, 6) is 0.0502. The Morgan fingerprint density at radius 3 is 2.73 bits per heavy atom. The molecule has 1 amide bonds. The zero-order chi connectivity index (χ0) is 18.5. The fourth-order valence-corrected chi connectivity index (χ4v) is 3.21. The number of benzene rings is 2. The van der Waals surface area contributed by atoms with E-state index in [0.717, 1.165) is 11.3 Å². The standard InChI is InChI=1S/C19H16FN3O2S/c1-12-17(26-19(22-12)14-4-3-5-15(20)10-14)18(24)23-21-11-13-6-8-16(25-2)9-7-13/h3-11H,1-2H3,(H,23,24)/b21-11+. The highest BCUT2D eigenvalue weighted by Crippen LogP contribution is 2.28. The van der Waals surface area contributed by atoms with Crippen LogP contribution in [0.4, 0.5) is 4.39 Å². The van der Waals surface area contributed by atoms with Crippen molar-refractivity contribution in [2.75, 3.05) is 7.11 Å². The van der Waals surface area contributed by atoms with E-state index >= 15 is 0 Å². The predicted molar refractivity (Wildman–Crippen MR) is 100 cm³/mol. The highest BCUT2D eigenvalue weighted by Gasteiger charge is 2.16. The minimum Gasteiger partial charge on any atom is -0.497 e. The molecule has 2 aromatic carbocycles. The van der Waals surface area contributed by atoms with E-state index in [-0.39, 0.29) is 11.7 Å². The Bertz CT molecular complexity index is 952. The minimum atomic E-state index is -0.354. The third-order valence-corrected chi connectivity index (χ3v) is 4.78. The van der Waals surface area contributed by atoms with Crippen LogP contribution in [0.5, 0.6) is 5.75 Å². The highest BCUT2D eigenvalue weighted by atomic mass is 32.1. The molecule has 0 saturated heterocycles. The first-order valence-electron chi connectivity index (χ1n) is 7.77. The molecule has 0 bridgehead atoms. The van der Waals surface area contributed by atoms with Crippen molar-refractivity contribution < 1.29 is 13.9 Å². The molecule has 1 N–H and O–H groups in total. The number of aryl methyl sites for hydroxylation is 1. The summed E-state index contributed by atoms with van der Waals surface area (Å²) >= 11 is 1.20. The van der Waals surface area contributed by atoms with Crippen molar-refractivity contribution in [3.05, 3.63) is 70.5 Å². The molecule has 132 valence electrons. The average Bonchev–Trinajstić information content (AvgIpc) is 3.04. The molecular weight excluding hydrogens is 353 g/mol. The van der Waals surface area contributed by atoms with Gasteiger partial charge in [-0.05, 0) is 48.9 Å². The number of thiazole rings is 1. The predicted octanol–water partition coefficient (Wildman–Crippen LogP) is 4.03. The van der Waals surface area contributed by atoms with Crippen LogP contribution in [-0.4, -0.2) is 24.2 Å². The summed E-state index contributed by atoms with van der Waals surface area (Å²) in [6.45, 7) is 1.74. The SMILES string of the molecule is COc1ccc(/C=N/NC(=O)c2sc(-c3cccc(F)c3)nc2C)cc1. The maximum Gasteiger partial charge on any atom is 0.283 e. The minimum absolute atomic E-state index is 0.342. The summed E-state index contributed by atoms with van der Waals surface area (Å²) < 4.78 is 18.5. The number of carbonyl (C=O) groups is 1. The molecule has 3 aromatic rings. The van der Waals surface area contributed by atoms with E-state index in [4.69, 9.17) is 4.74 Å². The first-order valence-corrected chi connectivity index (χ1v) is 8.59. The van der Waals surface area contributed by atoms with Crippen molar-refractivity contribution in [2.45, 2.75) is 6.92 Å². The van der Waals surface area contributed by atoms with Gasteiger partial charge in [0.05, 0.1) is 19.0 Å². The fraction of sp³-hybridized carbons (Fsp3) is 0.105. The van der Waals surface area contributed by atoms with Crippen molar-refractivity contribution in [3.8, 4) is 16.3 Å². The van der Waals surface area contributed by atoms with Gasteiger partial charge in [0.1, 0.15) is 21.5 Å². The molecule has 0 spiro atoms. The summed E-state index contributed by atoms with van der Waals surface area (Å²) in [5, 5.41) is 4.55. The fourth-order valence-electron chi connectivity index (χ4n) is 2.26. The number of nitrogens with one attached hydrogen (secondary N) is 1. The number of aromatic nitrogens is 1. The third-order valence-electron chi connectivity index (χ3n) is 3.57. The molecule has 7 heteroatoms. The lowest BCUT2D eigenvalue weighted by Gasteiger charge is -1.99. The second-order valence-corrected chi connectivity index (χ2v) is 6.42. The van der Waals surface area contributed by atoms with Crippen molar-refractivity contribution in [2.24, 2.45) is 5.10 Å². The molecule has 1 aromatic heterocycles. The van der Waals surface area contributed by atoms with E-state index in [0.29, 0.717) is 21.1 Å². The Morgan fingerprint density at radius 1 is 1.27 bits per heavy atom. The number of rotatable bonds is 5. The van der Waals surface area contributed by atoms with Crippen molar-refractivity contribution >= 4 is 23.5 Å². The van der Waals surface area contributed by atoms with Crippen LogP contribution in [0.15, 0.2) is 53.6 Å². The van der Waals surface area contributed by atoms with E-state index in [1.165, 1.54) is 23.5 Å². The van der Waals surface area contributed by atoms with Gasteiger partial charge in [-0.3, -0.25) is 4.79 Å². The first-order chi connectivity index (χ1) is 12.6. The van der Waals surface area contributed by atoms with E-state index in [1.807, 2.05) is 24.3 Å². The number of nitrogens with zero attached hydrogens (tertiary/aromatic N) is 2. The normalized spacial score (nSPS) is 10.9. The van der Waals surface area contributed by atoms with Crippen LogP contribution in [0.1, 0.15) is 20.9 Å². The maximum absolute atomic E-state index is 13.4. The number of hydrogen-bond acceptors (Lipinski definition) is 5. The van der Waals surface area contributed by atoms with Gasteiger partial charge < -0.3 is 4.74 Å². The van der Waals surface area contributed by atoms with Crippen LogP contribution in [0.3, 0.4) is 0 Å². The molecule has 0 fully saturated rings. The van der Waals surface area contributed by atoms with Gasteiger partial charge in [-0.25, -0.2) is 14.8 Å². The molecule has 0 aliphatic heterocycles. The van der Waals surface area contributed by atoms with Gasteiger partial charge >= 0.3 is 0 Å². The third kappa shape index (κ3) is 4.12. The second kappa shape index (κ2) is 7.88. The molecule has 0 radical (unpaired) electrons. The Balaban J connectivity index is 1.70. The van der Waals surface area contributed by atoms with Crippen LogP contribution in [-0.2, 0) is 0 Å². The van der Waals surface area contributed by atoms with Gasteiger partial charge in [-0.15, -0.1) is 11.3 Å². The van der Waals surface area contributed by atoms with E-state index < -0.39 is 0 Å². The summed E-state index contributed by atoms with van der Waals surface area (Å²) in [6, 6.07) is 13.4. The van der Waals surface area contributed by atoms with Gasteiger partial charge in [0, 0.05) is 5.56 Å². The lowest BCUT2D eigenvalue weighted by molar-refractivity contribution is 0.0958. The van der Waals surface area contributed by atoms with Crippen molar-refractivity contribution in [1.82, 2.24) is 10.4 Å². The molecule has 3 rings (SSSR count). The second-order valence-electron chi connectivity index (χ2n) is 5.42. The number of methoxy groups -OCH3 is 1. The van der Waals surface area contributed by atoms with Gasteiger partial charge in [-0.2, -0.15) is 5.10 Å². The molecule has 0 unspecified atom stereocenters. The Kier molecular flexibility index (Phi) is 5.38.